The van der Waals surface area contributed by atoms with Gasteiger partial charge in [0.25, 0.3) is 5.56 Å². The van der Waals surface area contributed by atoms with Crippen LogP contribution in [0.4, 0.5) is 5.82 Å². The van der Waals surface area contributed by atoms with Crippen molar-refractivity contribution >= 4 is 11.6 Å². The molecule has 0 saturated heterocycles. The number of aromatic nitrogens is 2. The van der Waals surface area contributed by atoms with E-state index in [1.807, 2.05) is 48.5 Å². The van der Waals surface area contributed by atoms with Crippen LogP contribution >= 0.6 is 0 Å². The highest BCUT2D eigenvalue weighted by molar-refractivity contribution is 6.00. The highest BCUT2D eigenvalue weighted by Gasteiger charge is 2.38. The molecule has 7 heteroatoms. The zero-order chi connectivity index (χ0) is 21.4. The largest absolute Gasteiger partial charge is 0.493 e. The van der Waals surface area contributed by atoms with E-state index in [4.69, 9.17) is 9.47 Å². The molecule has 0 radical (unpaired) electrons. The molecule has 0 unspecified atom stereocenters. The number of allylic oxidation sites excluding steroid dienone is 2. The van der Waals surface area contributed by atoms with Gasteiger partial charge in [0.1, 0.15) is 12.4 Å². The fourth-order valence-electron chi connectivity index (χ4n) is 4.42. The first-order chi connectivity index (χ1) is 15.2. The topological polar surface area (TPSA) is 96.2 Å². The maximum absolute atomic E-state index is 12.9. The summed E-state index contributed by atoms with van der Waals surface area (Å²) in [5.41, 5.74) is 3.69. The van der Waals surface area contributed by atoms with Crippen LogP contribution in [0.3, 0.4) is 0 Å². The predicted molar refractivity (Wildman–Crippen MR) is 117 cm³/mol. The molecule has 1 atom stereocenters. The average molecular weight is 417 g/mol. The first kappa shape index (κ1) is 19.2. The SMILES string of the molecule is COc1ccc([C@H]2C3=C(CCCC3=O)Nc3[nH][nH]c(=O)c32)cc1OCc1ccccc1. The zero-order valence-electron chi connectivity index (χ0n) is 17.2. The summed E-state index contributed by atoms with van der Waals surface area (Å²) >= 11 is 0. The van der Waals surface area contributed by atoms with Crippen LogP contribution in [0, 0.1) is 0 Å². The third-order valence-electron chi connectivity index (χ3n) is 5.88. The number of methoxy groups -OCH3 is 1. The summed E-state index contributed by atoms with van der Waals surface area (Å²) in [4.78, 5) is 25.5. The molecule has 2 aromatic carbocycles. The van der Waals surface area contributed by atoms with E-state index in [2.05, 4.69) is 15.5 Å². The Morgan fingerprint density at radius 1 is 1.00 bits per heavy atom. The third kappa shape index (κ3) is 3.42. The molecule has 1 aliphatic heterocycles. The Balaban J connectivity index is 1.58. The number of carbonyl (C=O) groups excluding carboxylic acids is 1. The number of H-pyrrole nitrogens is 2. The number of hydrogen-bond donors (Lipinski definition) is 3. The van der Waals surface area contributed by atoms with E-state index in [-0.39, 0.29) is 11.3 Å². The lowest BCUT2D eigenvalue weighted by molar-refractivity contribution is -0.116. The summed E-state index contributed by atoms with van der Waals surface area (Å²) in [6.07, 6.45) is 2.06. The van der Waals surface area contributed by atoms with Gasteiger partial charge in [-0.3, -0.25) is 19.8 Å². The Hall–Kier alpha value is -3.74. The van der Waals surface area contributed by atoms with Gasteiger partial charge < -0.3 is 14.8 Å². The van der Waals surface area contributed by atoms with Gasteiger partial charge in [-0.05, 0) is 36.1 Å². The minimum atomic E-state index is -0.459. The lowest BCUT2D eigenvalue weighted by Crippen LogP contribution is -2.29. The van der Waals surface area contributed by atoms with Gasteiger partial charge in [-0.15, -0.1) is 0 Å². The van der Waals surface area contributed by atoms with Crippen molar-refractivity contribution in [2.24, 2.45) is 0 Å². The van der Waals surface area contributed by atoms with Crippen molar-refractivity contribution in [2.75, 3.05) is 12.4 Å². The van der Waals surface area contributed by atoms with E-state index in [9.17, 15) is 9.59 Å². The van der Waals surface area contributed by atoms with E-state index < -0.39 is 5.92 Å². The minimum Gasteiger partial charge on any atom is -0.493 e. The molecule has 1 aromatic heterocycles. The number of Topliss-reactive ketones (excluding diaryl/α,β-unsaturated/α-hetero) is 1. The predicted octanol–water partition coefficient (Wildman–Crippen LogP) is 3.86. The van der Waals surface area contributed by atoms with Crippen LogP contribution in [0.15, 0.2) is 64.6 Å². The van der Waals surface area contributed by atoms with Crippen LogP contribution in [-0.2, 0) is 11.4 Å². The molecule has 158 valence electrons. The van der Waals surface area contributed by atoms with Gasteiger partial charge in [0.2, 0.25) is 0 Å². The van der Waals surface area contributed by atoms with Crippen molar-refractivity contribution in [3.8, 4) is 11.5 Å². The Bertz CT molecular complexity index is 1220. The van der Waals surface area contributed by atoms with Crippen LogP contribution in [0.25, 0.3) is 0 Å². The molecule has 3 aromatic rings. The second kappa shape index (κ2) is 7.83. The normalized spacial score (nSPS) is 17.6. The fourth-order valence-corrected chi connectivity index (χ4v) is 4.42. The van der Waals surface area contributed by atoms with Crippen LogP contribution < -0.4 is 20.3 Å². The van der Waals surface area contributed by atoms with Crippen LogP contribution in [-0.4, -0.2) is 23.1 Å². The number of nitrogens with one attached hydrogen (secondary N) is 3. The van der Waals surface area contributed by atoms with Gasteiger partial charge in [0.15, 0.2) is 17.3 Å². The number of ether oxygens (including phenoxy) is 2. The molecule has 2 aliphatic rings. The summed E-state index contributed by atoms with van der Waals surface area (Å²) in [5.74, 6) is 1.40. The van der Waals surface area contributed by atoms with Crippen molar-refractivity contribution in [3.05, 3.63) is 86.8 Å². The van der Waals surface area contributed by atoms with E-state index >= 15 is 0 Å². The van der Waals surface area contributed by atoms with E-state index in [1.54, 1.807) is 7.11 Å². The minimum absolute atomic E-state index is 0.0765. The quantitative estimate of drug-likeness (QED) is 0.586. The van der Waals surface area contributed by atoms with E-state index in [0.29, 0.717) is 41.5 Å². The zero-order valence-corrected chi connectivity index (χ0v) is 17.2. The number of rotatable bonds is 5. The molecule has 0 spiro atoms. The monoisotopic (exact) mass is 417 g/mol. The number of carbonyl (C=O) groups is 1. The maximum atomic E-state index is 12.9. The Labute approximate surface area is 179 Å². The van der Waals surface area contributed by atoms with Crippen molar-refractivity contribution in [3.63, 3.8) is 0 Å². The average Bonchev–Trinajstić information content (AvgIpc) is 3.17. The van der Waals surface area contributed by atoms with E-state index in [1.165, 1.54) is 0 Å². The van der Waals surface area contributed by atoms with Crippen LogP contribution in [0.5, 0.6) is 11.5 Å². The lowest BCUT2D eigenvalue weighted by Gasteiger charge is -2.31. The summed E-state index contributed by atoms with van der Waals surface area (Å²) in [7, 11) is 1.59. The summed E-state index contributed by atoms with van der Waals surface area (Å²) in [6.45, 7) is 0.385. The maximum Gasteiger partial charge on any atom is 0.270 e. The fraction of sp³-hybridized carbons (Fsp3) is 0.250. The van der Waals surface area contributed by atoms with Gasteiger partial charge in [-0.1, -0.05) is 36.4 Å². The highest BCUT2D eigenvalue weighted by Crippen LogP contribution is 2.44. The van der Waals surface area contributed by atoms with E-state index in [0.717, 1.165) is 29.7 Å². The number of fused-ring (bicyclic) bond motifs is 1. The smallest absolute Gasteiger partial charge is 0.270 e. The Morgan fingerprint density at radius 3 is 2.65 bits per heavy atom. The molecule has 7 nitrogen and oxygen atoms in total. The van der Waals surface area contributed by atoms with Crippen molar-refractivity contribution in [1.29, 1.82) is 0 Å². The first-order valence-electron chi connectivity index (χ1n) is 10.3. The van der Waals surface area contributed by atoms with Gasteiger partial charge >= 0.3 is 0 Å². The number of benzene rings is 2. The number of hydrogen-bond acceptors (Lipinski definition) is 5. The third-order valence-corrected chi connectivity index (χ3v) is 5.88. The molecule has 0 amide bonds. The molecule has 2 heterocycles. The second-order valence-electron chi connectivity index (χ2n) is 7.78. The second-order valence-corrected chi connectivity index (χ2v) is 7.78. The summed E-state index contributed by atoms with van der Waals surface area (Å²) in [6, 6.07) is 15.5. The van der Waals surface area contributed by atoms with Gasteiger partial charge in [0, 0.05) is 23.6 Å². The van der Waals surface area contributed by atoms with Gasteiger partial charge in [0.05, 0.1) is 12.7 Å². The molecular weight excluding hydrogens is 394 g/mol. The van der Waals surface area contributed by atoms with Crippen molar-refractivity contribution in [1.82, 2.24) is 10.2 Å². The molecule has 3 N–H and O–H groups in total. The summed E-state index contributed by atoms with van der Waals surface area (Å²) in [5, 5.41) is 8.81. The Morgan fingerprint density at radius 2 is 1.84 bits per heavy atom. The molecule has 0 saturated carbocycles. The van der Waals surface area contributed by atoms with Gasteiger partial charge in [-0.25, -0.2) is 0 Å². The highest BCUT2D eigenvalue weighted by atomic mass is 16.5. The molecule has 5 rings (SSSR count). The van der Waals surface area contributed by atoms with Crippen molar-refractivity contribution in [2.45, 2.75) is 31.8 Å². The number of aromatic amines is 2. The molecule has 0 bridgehead atoms. The van der Waals surface area contributed by atoms with Gasteiger partial charge in [-0.2, -0.15) is 0 Å². The molecule has 31 heavy (non-hydrogen) atoms. The molecular formula is C24H23N3O4. The number of anilines is 1. The summed E-state index contributed by atoms with van der Waals surface area (Å²) < 4.78 is 11.6. The first-order valence-corrected chi connectivity index (χ1v) is 10.3. The Kier molecular flexibility index (Phi) is 4.86. The van der Waals surface area contributed by atoms with Crippen LogP contribution in [0.2, 0.25) is 0 Å². The lowest BCUT2D eigenvalue weighted by atomic mass is 9.77. The van der Waals surface area contributed by atoms with Crippen LogP contribution in [0.1, 0.15) is 41.9 Å². The molecule has 1 aliphatic carbocycles. The standard InChI is InChI=1S/C24H23N3O4/c1-30-18-11-10-15(12-19(18)31-13-14-6-3-2-4-7-14)20-21-16(8-5-9-17(21)28)25-23-22(20)24(29)27-26-23/h2-4,6-7,10-12,20H,5,8-9,13H2,1H3,(H3,25,26,27,29)/t20-/m0/s1. The van der Waals surface area contributed by atoms with Crippen molar-refractivity contribution < 1.29 is 14.3 Å². The molecule has 0 fully saturated rings. The number of ketones is 1.